The molecule has 1 aromatic heterocycles. The van der Waals surface area contributed by atoms with Gasteiger partial charge in [-0.3, -0.25) is 0 Å². The van der Waals surface area contributed by atoms with Gasteiger partial charge in [0.15, 0.2) is 0 Å². The third kappa shape index (κ3) is 3.35. The molecule has 5 nitrogen and oxygen atoms in total. The molecule has 1 aliphatic rings. The molecule has 3 aromatic rings. The van der Waals surface area contributed by atoms with Gasteiger partial charge in [-0.15, -0.1) is 0 Å². The lowest BCUT2D eigenvalue weighted by molar-refractivity contribution is 0.411. The third-order valence-electron chi connectivity index (χ3n) is 4.88. The smallest absolute Gasteiger partial charge is 0.140 e. The molecule has 2 aromatic carbocycles. The van der Waals surface area contributed by atoms with Gasteiger partial charge in [0.2, 0.25) is 0 Å². The van der Waals surface area contributed by atoms with Crippen molar-refractivity contribution in [2.24, 2.45) is 0 Å². The fourth-order valence-electron chi connectivity index (χ4n) is 3.46. The van der Waals surface area contributed by atoms with Crippen molar-refractivity contribution in [3.05, 3.63) is 59.4 Å². The predicted molar refractivity (Wildman–Crippen MR) is 105 cm³/mol. The van der Waals surface area contributed by atoms with Crippen LogP contribution in [0.3, 0.4) is 0 Å². The van der Waals surface area contributed by atoms with Gasteiger partial charge in [0.1, 0.15) is 17.4 Å². The summed E-state index contributed by atoms with van der Waals surface area (Å²) in [5.41, 5.74) is 3.30. The first kappa shape index (κ1) is 16.8. The number of methoxy groups -OCH3 is 1. The standard InChI is InChI=1S/C21H24N4O/c1-15-7-8-16(13-19(15)26-2)14-20-23-18-6-4-3-5-17(18)21(24-20)25-11-9-22-10-12-25/h3-8,13,22H,9-12,14H2,1-2H3. The number of para-hydroxylation sites is 1. The number of anilines is 1. The van der Waals surface area contributed by atoms with E-state index in [0.29, 0.717) is 6.42 Å². The van der Waals surface area contributed by atoms with E-state index in [2.05, 4.69) is 53.5 Å². The predicted octanol–water partition coefficient (Wildman–Crippen LogP) is 2.95. The molecule has 26 heavy (non-hydrogen) atoms. The third-order valence-corrected chi connectivity index (χ3v) is 4.88. The Morgan fingerprint density at radius 3 is 2.69 bits per heavy atom. The van der Waals surface area contributed by atoms with Crippen LogP contribution in [0, 0.1) is 6.92 Å². The zero-order valence-electron chi connectivity index (χ0n) is 15.3. The number of aryl methyl sites for hydroxylation is 1. The van der Waals surface area contributed by atoms with Gasteiger partial charge in [0.05, 0.1) is 12.6 Å². The average molecular weight is 348 g/mol. The Morgan fingerprint density at radius 2 is 1.88 bits per heavy atom. The first-order valence-electron chi connectivity index (χ1n) is 9.09. The molecule has 5 heteroatoms. The van der Waals surface area contributed by atoms with Gasteiger partial charge >= 0.3 is 0 Å². The SMILES string of the molecule is COc1cc(Cc2nc(N3CCNCC3)c3ccccc3n2)ccc1C. The molecule has 0 atom stereocenters. The second-order valence-corrected chi connectivity index (χ2v) is 6.70. The van der Waals surface area contributed by atoms with Gasteiger partial charge < -0.3 is 15.0 Å². The second kappa shape index (κ2) is 7.30. The Balaban J connectivity index is 1.73. The summed E-state index contributed by atoms with van der Waals surface area (Å²) in [5, 5.41) is 4.53. The van der Waals surface area contributed by atoms with Crippen LogP contribution < -0.4 is 15.0 Å². The molecular formula is C21H24N4O. The van der Waals surface area contributed by atoms with Gasteiger partial charge in [-0.1, -0.05) is 24.3 Å². The Kier molecular flexibility index (Phi) is 4.71. The molecule has 0 radical (unpaired) electrons. The fourth-order valence-corrected chi connectivity index (χ4v) is 3.46. The molecule has 134 valence electrons. The summed E-state index contributed by atoms with van der Waals surface area (Å²) in [6.07, 6.45) is 0.695. The van der Waals surface area contributed by atoms with Crippen molar-refractivity contribution in [2.75, 3.05) is 38.2 Å². The Bertz CT molecular complexity index is 919. The van der Waals surface area contributed by atoms with Gasteiger partial charge in [0, 0.05) is 38.0 Å². The number of aromatic nitrogens is 2. The number of benzene rings is 2. The lowest BCUT2D eigenvalue weighted by Crippen LogP contribution is -2.44. The maximum atomic E-state index is 5.46. The van der Waals surface area contributed by atoms with E-state index < -0.39 is 0 Å². The first-order chi connectivity index (χ1) is 12.7. The lowest BCUT2D eigenvalue weighted by Gasteiger charge is -2.29. The van der Waals surface area contributed by atoms with Crippen LogP contribution in [0.15, 0.2) is 42.5 Å². The molecule has 1 saturated heterocycles. The summed E-state index contributed by atoms with van der Waals surface area (Å²) < 4.78 is 5.46. The molecule has 0 amide bonds. The van der Waals surface area contributed by atoms with E-state index in [9.17, 15) is 0 Å². The lowest BCUT2D eigenvalue weighted by atomic mass is 10.1. The molecule has 2 heterocycles. The molecule has 1 N–H and O–H groups in total. The van der Waals surface area contributed by atoms with E-state index in [4.69, 9.17) is 14.7 Å². The van der Waals surface area contributed by atoms with Crippen LogP contribution in [0.25, 0.3) is 10.9 Å². The van der Waals surface area contributed by atoms with Crippen molar-refractivity contribution in [3.63, 3.8) is 0 Å². The van der Waals surface area contributed by atoms with Gasteiger partial charge in [-0.2, -0.15) is 0 Å². The van der Waals surface area contributed by atoms with Crippen LogP contribution in [-0.4, -0.2) is 43.3 Å². The van der Waals surface area contributed by atoms with Gasteiger partial charge in [-0.25, -0.2) is 9.97 Å². The van der Waals surface area contributed by atoms with Crippen LogP contribution in [0.2, 0.25) is 0 Å². The van der Waals surface area contributed by atoms with Crippen LogP contribution in [0.1, 0.15) is 17.0 Å². The summed E-state index contributed by atoms with van der Waals surface area (Å²) >= 11 is 0. The zero-order valence-corrected chi connectivity index (χ0v) is 15.3. The molecule has 0 aliphatic carbocycles. The minimum atomic E-state index is 0.695. The zero-order chi connectivity index (χ0) is 17.9. The molecule has 0 bridgehead atoms. The Labute approximate surface area is 154 Å². The second-order valence-electron chi connectivity index (χ2n) is 6.70. The molecule has 0 spiro atoms. The van der Waals surface area contributed by atoms with E-state index >= 15 is 0 Å². The highest BCUT2D eigenvalue weighted by molar-refractivity contribution is 5.89. The van der Waals surface area contributed by atoms with Crippen molar-refractivity contribution in [3.8, 4) is 5.75 Å². The van der Waals surface area contributed by atoms with Crippen molar-refractivity contribution in [1.82, 2.24) is 15.3 Å². The van der Waals surface area contributed by atoms with E-state index in [1.54, 1.807) is 7.11 Å². The summed E-state index contributed by atoms with van der Waals surface area (Å²) in [5.74, 6) is 2.81. The number of piperazine rings is 1. The quantitative estimate of drug-likeness (QED) is 0.786. The summed E-state index contributed by atoms with van der Waals surface area (Å²) in [6, 6.07) is 14.6. The molecule has 0 unspecified atom stereocenters. The number of nitrogens with one attached hydrogen (secondary N) is 1. The highest BCUT2D eigenvalue weighted by Crippen LogP contribution is 2.26. The highest BCUT2D eigenvalue weighted by atomic mass is 16.5. The molecular weight excluding hydrogens is 324 g/mol. The number of nitrogens with zero attached hydrogens (tertiary/aromatic N) is 3. The van der Waals surface area contributed by atoms with Gasteiger partial charge in [0.25, 0.3) is 0 Å². The molecule has 4 rings (SSSR count). The largest absolute Gasteiger partial charge is 0.496 e. The van der Waals surface area contributed by atoms with Gasteiger partial charge in [-0.05, 0) is 36.2 Å². The van der Waals surface area contributed by atoms with Crippen LogP contribution in [-0.2, 0) is 6.42 Å². The number of fused-ring (bicyclic) bond motifs is 1. The maximum absolute atomic E-state index is 5.46. The van der Waals surface area contributed by atoms with Crippen molar-refractivity contribution in [2.45, 2.75) is 13.3 Å². The monoisotopic (exact) mass is 348 g/mol. The van der Waals surface area contributed by atoms with E-state index in [-0.39, 0.29) is 0 Å². The van der Waals surface area contributed by atoms with Crippen LogP contribution in [0.5, 0.6) is 5.75 Å². The van der Waals surface area contributed by atoms with E-state index in [1.165, 1.54) is 0 Å². The minimum absolute atomic E-state index is 0.695. The molecule has 1 fully saturated rings. The fraction of sp³-hybridized carbons (Fsp3) is 0.333. The van der Waals surface area contributed by atoms with Crippen LogP contribution >= 0.6 is 0 Å². The Hall–Kier alpha value is -2.66. The number of hydrogen-bond donors (Lipinski definition) is 1. The van der Waals surface area contributed by atoms with E-state index in [0.717, 1.165) is 65.6 Å². The van der Waals surface area contributed by atoms with E-state index in [1.807, 2.05) is 6.07 Å². The molecule has 0 saturated carbocycles. The number of hydrogen-bond acceptors (Lipinski definition) is 5. The van der Waals surface area contributed by atoms with Crippen molar-refractivity contribution >= 4 is 16.7 Å². The summed E-state index contributed by atoms with van der Waals surface area (Å²) in [7, 11) is 1.71. The van der Waals surface area contributed by atoms with Crippen molar-refractivity contribution in [1.29, 1.82) is 0 Å². The highest BCUT2D eigenvalue weighted by Gasteiger charge is 2.17. The average Bonchev–Trinajstić information content (AvgIpc) is 2.69. The summed E-state index contributed by atoms with van der Waals surface area (Å²) in [4.78, 5) is 12.1. The van der Waals surface area contributed by atoms with Crippen molar-refractivity contribution < 1.29 is 4.74 Å². The summed E-state index contributed by atoms with van der Waals surface area (Å²) in [6.45, 7) is 5.97. The molecule has 1 aliphatic heterocycles. The number of ether oxygens (including phenoxy) is 1. The Morgan fingerprint density at radius 1 is 1.08 bits per heavy atom. The van der Waals surface area contributed by atoms with Crippen LogP contribution in [0.4, 0.5) is 5.82 Å². The normalized spacial score (nSPS) is 14.6. The minimum Gasteiger partial charge on any atom is -0.496 e. The number of rotatable bonds is 4. The first-order valence-corrected chi connectivity index (χ1v) is 9.09. The maximum Gasteiger partial charge on any atom is 0.140 e. The topological polar surface area (TPSA) is 50.3 Å².